The number of carbonyl (C=O) groups is 2. The number of methoxy groups -OCH3 is 1. The van der Waals surface area contributed by atoms with Crippen LogP contribution in [-0.4, -0.2) is 34.3 Å². The van der Waals surface area contributed by atoms with Gasteiger partial charge in [0.1, 0.15) is 9.83 Å². The average molecular weight is 566 g/mol. The topological polar surface area (TPSA) is 90.3 Å². The maximum Gasteiger partial charge on any atom is 0.341 e. The summed E-state index contributed by atoms with van der Waals surface area (Å²) >= 11 is 4.29. The summed E-state index contributed by atoms with van der Waals surface area (Å²) in [5, 5.41) is 4.66. The van der Waals surface area contributed by atoms with Crippen molar-refractivity contribution in [2.24, 2.45) is 5.92 Å². The van der Waals surface area contributed by atoms with E-state index in [9.17, 15) is 14.4 Å². The lowest BCUT2D eigenvalue weighted by Crippen LogP contribution is -2.23. The first-order valence-corrected chi connectivity index (χ1v) is 15.3. The first-order chi connectivity index (χ1) is 18.4. The van der Waals surface area contributed by atoms with Crippen molar-refractivity contribution in [2.45, 2.75) is 50.6 Å². The van der Waals surface area contributed by atoms with Crippen LogP contribution in [0.15, 0.2) is 40.3 Å². The third-order valence-corrected chi connectivity index (χ3v) is 10.5. The molecule has 0 aliphatic heterocycles. The van der Waals surface area contributed by atoms with E-state index in [0.29, 0.717) is 27.0 Å². The lowest BCUT2D eigenvalue weighted by molar-refractivity contribution is -0.113. The number of fused-ring (bicyclic) bond motifs is 4. The van der Waals surface area contributed by atoms with Gasteiger partial charge in [-0.25, -0.2) is 9.78 Å². The van der Waals surface area contributed by atoms with Crippen LogP contribution in [0, 0.1) is 5.92 Å². The molecule has 38 heavy (non-hydrogen) atoms. The number of hydrogen-bond acceptors (Lipinski definition) is 8. The molecule has 1 N–H and O–H groups in total. The van der Waals surface area contributed by atoms with Gasteiger partial charge in [-0.15, -0.1) is 22.7 Å². The fraction of sp³-hybridized carbons (Fsp3) is 0.357. The van der Waals surface area contributed by atoms with Gasteiger partial charge in [0.2, 0.25) is 5.91 Å². The third-order valence-electron chi connectivity index (χ3n) is 7.21. The van der Waals surface area contributed by atoms with E-state index in [-0.39, 0.29) is 17.2 Å². The average Bonchev–Trinajstić information content (AvgIpc) is 3.60. The molecule has 0 saturated heterocycles. The normalized spacial score (nSPS) is 16.3. The zero-order valence-electron chi connectivity index (χ0n) is 21.2. The molecule has 0 radical (unpaired) electrons. The molecule has 0 bridgehead atoms. The predicted octanol–water partition coefficient (Wildman–Crippen LogP) is 5.64. The molecule has 3 aromatic heterocycles. The molecule has 10 heteroatoms. The second-order valence-corrected chi connectivity index (χ2v) is 12.9. The number of nitrogens with one attached hydrogen (secondary N) is 1. The van der Waals surface area contributed by atoms with Crippen LogP contribution in [0.3, 0.4) is 0 Å². The molecule has 1 amide bonds. The highest BCUT2D eigenvalue weighted by molar-refractivity contribution is 7.99. The number of esters is 1. The van der Waals surface area contributed by atoms with Gasteiger partial charge in [-0.3, -0.25) is 14.2 Å². The van der Waals surface area contributed by atoms with Crippen LogP contribution in [0.4, 0.5) is 5.00 Å². The molecule has 6 rings (SSSR count). The number of hydrogen-bond donors (Lipinski definition) is 1. The van der Waals surface area contributed by atoms with E-state index in [2.05, 4.69) is 12.2 Å². The van der Waals surface area contributed by atoms with Crippen LogP contribution in [0.1, 0.15) is 51.0 Å². The molecule has 0 fully saturated rings. The number of rotatable bonds is 6. The number of nitrogens with zero attached hydrogens (tertiary/aromatic N) is 2. The van der Waals surface area contributed by atoms with Gasteiger partial charge in [-0.2, -0.15) is 0 Å². The molecule has 2 aliphatic carbocycles. The van der Waals surface area contributed by atoms with Crippen LogP contribution in [0.5, 0.6) is 0 Å². The maximum absolute atomic E-state index is 13.9. The lowest BCUT2D eigenvalue weighted by Gasteiger charge is -2.17. The summed E-state index contributed by atoms with van der Waals surface area (Å²) in [7, 11) is 1.36. The van der Waals surface area contributed by atoms with E-state index >= 15 is 0 Å². The summed E-state index contributed by atoms with van der Waals surface area (Å²) in [6.45, 7) is 2.25. The molecule has 2 aliphatic rings. The largest absolute Gasteiger partial charge is 0.465 e. The van der Waals surface area contributed by atoms with Crippen molar-refractivity contribution in [3.05, 3.63) is 67.1 Å². The third kappa shape index (κ3) is 4.48. The molecule has 196 valence electrons. The van der Waals surface area contributed by atoms with E-state index in [1.165, 1.54) is 35.1 Å². The summed E-state index contributed by atoms with van der Waals surface area (Å²) in [6, 6.07) is 9.46. The summed E-state index contributed by atoms with van der Waals surface area (Å²) in [5.41, 5.74) is 3.24. The summed E-state index contributed by atoms with van der Waals surface area (Å²) < 4.78 is 6.63. The Hall–Kier alpha value is -2.95. The van der Waals surface area contributed by atoms with E-state index in [0.717, 1.165) is 65.0 Å². The maximum atomic E-state index is 13.9. The van der Waals surface area contributed by atoms with Crippen molar-refractivity contribution in [3.63, 3.8) is 0 Å². The van der Waals surface area contributed by atoms with E-state index in [1.54, 1.807) is 15.9 Å². The highest BCUT2D eigenvalue weighted by Crippen LogP contribution is 2.40. The first-order valence-electron chi connectivity index (χ1n) is 12.7. The number of thioether (sulfide) groups is 1. The van der Waals surface area contributed by atoms with Crippen molar-refractivity contribution in [1.82, 2.24) is 9.55 Å². The molecule has 0 spiro atoms. The monoisotopic (exact) mass is 565 g/mol. The highest BCUT2D eigenvalue weighted by Gasteiger charge is 2.29. The Balaban J connectivity index is 1.33. The predicted molar refractivity (Wildman–Crippen MR) is 153 cm³/mol. The van der Waals surface area contributed by atoms with Crippen LogP contribution < -0.4 is 10.9 Å². The van der Waals surface area contributed by atoms with Gasteiger partial charge < -0.3 is 10.1 Å². The van der Waals surface area contributed by atoms with Crippen molar-refractivity contribution >= 4 is 61.5 Å². The number of carbonyl (C=O) groups excluding carboxylic acids is 2. The number of thiophene rings is 2. The van der Waals surface area contributed by atoms with Crippen molar-refractivity contribution in [3.8, 4) is 5.69 Å². The van der Waals surface area contributed by atoms with Gasteiger partial charge in [0, 0.05) is 9.75 Å². The second kappa shape index (κ2) is 10.3. The molecule has 0 unspecified atom stereocenters. The fourth-order valence-corrected chi connectivity index (χ4v) is 8.91. The fourth-order valence-electron chi connectivity index (χ4n) is 5.38. The van der Waals surface area contributed by atoms with E-state index in [1.807, 2.05) is 30.3 Å². The van der Waals surface area contributed by atoms with Gasteiger partial charge >= 0.3 is 5.97 Å². The Morgan fingerprint density at radius 3 is 2.74 bits per heavy atom. The summed E-state index contributed by atoms with van der Waals surface area (Å²) in [5.74, 6) is -0.0320. The Morgan fingerprint density at radius 2 is 1.95 bits per heavy atom. The number of para-hydroxylation sites is 1. The van der Waals surface area contributed by atoms with E-state index in [4.69, 9.17) is 9.72 Å². The first kappa shape index (κ1) is 25.3. The molecule has 0 saturated carbocycles. The Bertz CT molecular complexity index is 1620. The quantitative estimate of drug-likeness (QED) is 0.185. The van der Waals surface area contributed by atoms with Crippen molar-refractivity contribution in [2.75, 3.05) is 18.2 Å². The van der Waals surface area contributed by atoms with E-state index < -0.39 is 5.97 Å². The molecule has 3 heterocycles. The number of aromatic nitrogens is 2. The highest BCUT2D eigenvalue weighted by atomic mass is 32.2. The van der Waals surface area contributed by atoms with Crippen molar-refractivity contribution in [1.29, 1.82) is 0 Å². The molecule has 1 aromatic carbocycles. The van der Waals surface area contributed by atoms with Crippen molar-refractivity contribution < 1.29 is 14.3 Å². The summed E-state index contributed by atoms with van der Waals surface area (Å²) in [6.07, 6.45) is 5.67. The number of aryl methyl sites for hydroxylation is 2. The Morgan fingerprint density at radius 1 is 1.13 bits per heavy atom. The number of anilines is 1. The molecular formula is C28H27N3O4S3. The van der Waals surface area contributed by atoms with Gasteiger partial charge in [-0.1, -0.05) is 36.9 Å². The lowest BCUT2D eigenvalue weighted by atomic mass is 9.89. The zero-order chi connectivity index (χ0) is 26.4. The minimum absolute atomic E-state index is 0.0517. The molecule has 7 nitrogen and oxygen atoms in total. The molecule has 4 aromatic rings. The standard InChI is InChI=1S/C28H27N3O4S3/c1-15-11-12-18-20(13-15)38-24-22(18)26(33)31(16-7-4-3-5-8-16)28(30-24)36-14-21(32)29-25-23(27(34)35-2)17-9-6-10-19(17)37-25/h3-5,7-8,15H,6,9-14H2,1-2H3,(H,29,32)/t15-/m1/s1. The minimum atomic E-state index is -0.423. The second-order valence-electron chi connectivity index (χ2n) is 9.79. The Kier molecular flexibility index (Phi) is 6.88. The van der Waals surface area contributed by atoms with Gasteiger partial charge in [0.15, 0.2) is 5.16 Å². The van der Waals surface area contributed by atoms with Crippen LogP contribution in [-0.2, 0) is 35.2 Å². The zero-order valence-corrected chi connectivity index (χ0v) is 23.6. The Labute approximate surface area is 232 Å². The SMILES string of the molecule is COC(=O)c1c(NC(=O)CSc2nc3sc4c(c3c(=O)n2-c2ccccc2)CC[C@@H](C)C4)sc2c1CCC2. The van der Waals surface area contributed by atoms with Crippen LogP contribution in [0.25, 0.3) is 15.9 Å². The van der Waals surface area contributed by atoms with Gasteiger partial charge in [0.05, 0.1) is 29.5 Å². The number of ether oxygens (including phenoxy) is 1. The smallest absolute Gasteiger partial charge is 0.341 e. The van der Waals surface area contributed by atoms with Gasteiger partial charge in [-0.05, 0) is 67.7 Å². The summed E-state index contributed by atoms with van der Waals surface area (Å²) in [4.78, 5) is 47.5. The number of benzene rings is 1. The van der Waals surface area contributed by atoms with Gasteiger partial charge in [0.25, 0.3) is 5.56 Å². The van der Waals surface area contributed by atoms with Crippen LogP contribution in [0.2, 0.25) is 0 Å². The minimum Gasteiger partial charge on any atom is -0.465 e. The number of amides is 1. The molecular weight excluding hydrogens is 539 g/mol. The molecule has 1 atom stereocenters. The van der Waals surface area contributed by atoms with Crippen LogP contribution >= 0.6 is 34.4 Å².